The van der Waals surface area contributed by atoms with Crippen molar-refractivity contribution in [3.63, 3.8) is 0 Å². The molecule has 1 heterocycles. The number of ketones is 1. The predicted octanol–water partition coefficient (Wildman–Crippen LogP) is 2.81. The molecule has 0 amide bonds. The summed E-state index contributed by atoms with van der Waals surface area (Å²) >= 11 is 0. The van der Waals surface area contributed by atoms with Crippen molar-refractivity contribution in [1.82, 2.24) is 4.98 Å². The highest BCUT2D eigenvalue weighted by Gasteiger charge is 2.16. The number of carbonyl (C=O) groups is 1. The van der Waals surface area contributed by atoms with Gasteiger partial charge in [0.25, 0.3) is 0 Å². The van der Waals surface area contributed by atoms with Gasteiger partial charge in [-0.1, -0.05) is 24.3 Å². The van der Waals surface area contributed by atoms with Crippen LogP contribution in [-0.2, 0) is 6.42 Å². The van der Waals surface area contributed by atoms with Gasteiger partial charge in [0.1, 0.15) is 0 Å². The van der Waals surface area contributed by atoms with E-state index in [0.29, 0.717) is 6.42 Å². The van der Waals surface area contributed by atoms with Gasteiger partial charge < -0.3 is 0 Å². The number of hydrogen-bond acceptors (Lipinski definition) is 2. The van der Waals surface area contributed by atoms with Crippen molar-refractivity contribution < 1.29 is 4.79 Å². The van der Waals surface area contributed by atoms with Crippen LogP contribution in [-0.4, -0.2) is 10.8 Å². The van der Waals surface area contributed by atoms with Gasteiger partial charge >= 0.3 is 0 Å². The highest BCUT2D eigenvalue weighted by molar-refractivity contribution is 6.02. The molecule has 2 nitrogen and oxygen atoms in total. The number of Topliss-reactive ketones (excluding diaryl/α,β-unsaturated/α-hetero) is 1. The summed E-state index contributed by atoms with van der Waals surface area (Å²) in [5.41, 5.74) is 3.68. The average molecular weight is 209 g/mol. The molecule has 0 saturated carbocycles. The number of pyridine rings is 1. The topological polar surface area (TPSA) is 30.0 Å². The number of allylic oxidation sites excluding steroid dienone is 4. The van der Waals surface area contributed by atoms with E-state index in [1.807, 2.05) is 36.4 Å². The Hall–Kier alpha value is -1.96. The molecule has 78 valence electrons. The van der Waals surface area contributed by atoms with Gasteiger partial charge in [-0.15, -0.1) is 0 Å². The lowest BCUT2D eigenvalue weighted by atomic mass is 9.97. The van der Waals surface area contributed by atoms with Crippen molar-refractivity contribution in [2.45, 2.75) is 12.8 Å². The highest BCUT2D eigenvalue weighted by atomic mass is 16.1. The smallest absolute Gasteiger partial charge is 0.168 e. The van der Waals surface area contributed by atoms with Gasteiger partial charge in [0, 0.05) is 12.0 Å². The van der Waals surface area contributed by atoms with E-state index in [1.165, 1.54) is 0 Å². The van der Waals surface area contributed by atoms with Crippen LogP contribution in [0.2, 0.25) is 0 Å². The third-order valence-corrected chi connectivity index (χ3v) is 2.88. The number of nitrogens with zero attached hydrogens (tertiary/aromatic N) is 1. The van der Waals surface area contributed by atoms with E-state index >= 15 is 0 Å². The first-order valence-corrected chi connectivity index (χ1v) is 5.41. The molecule has 0 saturated heterocycles. The predicted molar refractivity (Wildman–Crippen MR) is 64.1 cm³/mol. The Morgan fingerprint density at radius 1 is 1.00 bits per heavy atom. The molecule has 0 aromatic carbocycles. The Bertz CT molecular complexity index is 550. The molecule has 1 aromatic heterocycles. The Morgan fingerprint density at radius 3 is 2.88 bits per heavy atom. The summed E-state index contributed by atoms with van der Waals surface area (Å²) in [6, 6.07) is 1.99. The van der Waals surface area contributed by atoms with Crippen LogP contribution in [0.4, 0.5) is 0 Å². The zero-order chi connectivity index (χ0) is 11.0. The molecule has 2 aliphatic carbocycles. The molecule has 0 radical (unpaired) electrons. The van der Waals surface area contributed by atoms with Gasteiger partial charge in [-0.2, -0.15) is 0 Å². The minimum atomic E-state index is 0.171. The van der Waals surface area contributed by atoms with Crippen LogP contribution in [0, 0.1) is 0 Å². The summed E-state index contributed by atoms with van der Waals surface area (Å²) in [6.45, 7) is 0. The highest BCUT2D eigenvalue weighted by Crippen LogP contribution is 2.23. The van der Waals surface area contributed by atoms with E-state index in [4.69, 9.17) is 0 Å². The van der Waals surface area contributed by atoms with Gasteiger partial charge in [0.2, 0.25) is 0 Å². The molecular weight excluding hydrogens is 198 g/mol. The Labute approximate surface area is 94.0 Å². The monoisotopic (exact) mass is 209 g/mol. The summed E-state index contributed by atoms with van der Waals surface area (Å²) in [7, 11) is 0. The maximum absolute atomic E-state index is 11.7. The summed E-state index contributed by atoms with van der Waals surface area (Å²) in [4.78, 5) is 16.3. The van der Waals surface area contributed by atoms with Crippen LogP contribution in [0.25, 0.3) is 12.2 Å². The number of aromatic nitrogens is 1. The van der Waals surface area contributed by atoms with Crippen molar-refractivity contribution >= 4 is 17.9 Å². The Kier molecular flexibility index (Phi) is 2.07. The van der Waals surface area contributed by atoms with Crippen LogP contribution in [0.3, 0.4) is 0 Å². The van der Waals surface area contributed by atoms with Crippen molar-refractivity contribution in [1.29, 1.82) is 0 Å². The van der Waals surface area contributed by atoms with Crippen molar-refractivity contribution in [2.24, 2.45) is 0 Å². The number of rotatable bonds is 0. The standard InChI is InChI=1S/C14H11NO/c16-14-8-4-7-13-11(14)9-10-5-2-1-3-6-12(10)15-13/h1-4,6-7,9H,5,8H2. The van der Waals surface area contributed by atoms with E-state index < -0.39 is 0 Å². The Balaban J connectivity index is 2.21. The van der Waals surface area contributed by atoms with Gasteiger partial charge in [-0.05, 0) is 30.2 Å². The second-order valence-corrected chi connectivity index (χ2v) is 3.99. The van der Waals surface area contributed by atoms with E-state index in [1.54, 1.807) is 0 Å². The molecular formula is C14H11NO. The number of carbonyl (C=O) groups excluding carboxylic acids is 1. The summed E-state index contributed by atoms with van der Waals surface area (Å²) < 4.78 is 0. The van der Waals surface area contributed by atoms with E-state index in [9.17, 15) is 4.79 Å². The molecule has 1 aromatic rings. The van der Waals surface area contributed by atoms with Crippen LogP contribution in [0.5, 0.6) is 0 Å². The first-order valence-electron chi connectivity index (χ1n) is 5.41. The fourth-order valence-electron chi connectivity index (χ4n) is 2.05. The fourth-order valence-corrected chi connectivity index (χ4v) is 2.05. The van der Waals surface area contributed by atoms with Crippen LogP contribution < -0.4 is 0 Å². The first-order chi connectivity index (χ1) is 7.84. The quantitative estimate of drug-likeness (QED) is 0.657. The molecule has 0 N–H and O–H groups in total. The zero-order valence-corrected chi connectivity index (χ0v) is 8.81. The molecule has 3 rings (SSSR count). The minimum absolute atomic E-state index is 0.171. The van der Waals surface area contributed by atoms with E-state index in [0.717, 1.165) is 28.9 Å². The van der Waals surface area contributed by atoms with Gasteiger partial charge in [0.05, 0.1) is 11.4 Å². The summed E-state index contributed by atoms with van der Waals surface area (Å²) in [6.07, 6.45) is 13.2. The van der Waals surface area contributed by atoms with Gasteiger partial charge in [0.15, 0.2) is 5.78 Å². The normalized spacial score (nSPS) is 16.9. The molecule has 0 aliphatic heterocycles. The van der Waals surface area contributed by atoms with Crippen molar-refractivity contribution in [3.8, 4) is 0 Å². The molecule has 0 spiro atoms. The molecule has 0 atom stereocenters. The lowest BCUT2D eigenvalue weighted by Crippen LogP contribution is -2.08. The Morgan fingerprint density at radius 2 is 1.94 bits per heavy atom. The van der Waals surface area contributed by atoms with E-state index in [-0.39, 0.29) is 5.78 Å². The molecule has 0 fully saturated rings. The SMILES string of the molecule is O=C1CC=Cc2nc3c(cc21)CC=CC=C3. The summed E-state index contributed by atoms with van der Waals surface area (Å²) in [5, 5.41) is 0. The first kappa shape index (κ1) is 9.28. The molecule has 2 aliphatic rings. The lowest BCUT2D eigenvalue weighted by Gasteiger charge is -2.12. The maximum atomic E-state index is 11.7. The van der Waals surface area contributed by atoms with Crippen molar-refractivity contribution in [3.05, 3.63) is 52.9 Å². The molecule has 16 heavy (non-hydrogen) atoms. The number of hydrogen-bond donors (Lipinski definition) is 0. The fraction of sp³-hybridized carbons (Fsp3) is 0.143. The maximum Gasteiger partial charge on any atom is 0.168 e. The van der Waals surface area contributed by atoms with Gasteiger partial charge in [-0.25, -0.2) is 4.98 Å². The van der Waals surface area contributed by atoms with Crippen molar-refractivity contribution in [2.75, 3.05) is 0 Å². The molecule has 2 heteroatoms. The summed E-state index contributed by atoms with van der Waals surface area (Å²) in [5.74, 6) is 0.171. The molecule has 0 unspecified atom stereocenters. The van der Waals surface area contributed by atoms with Gasteiger partial charge in [-0.3, -0.25) is 4.79 Å². The zero-order valence-electron chi connectivity index (χ0n) is 8.81. The largest absolute Gasteiger partial charge is 0.294 e. The van der Waals surface area contributed by atoms with Crippen LogP contribution in [0.1, 0.15) is 33.7 Å². The van der Waals surface area contributed by atoms with Crippen LogP contribution in [0.15, 0.2) is 30.4 Å². The van der Waals surface area contributed by atoms with Crippen LogP contribution >= 0.6 is 0 Å². The second kappa shape index (κ2) is 3.56. The molecule has 0 bridgehead atoms. The third kappa shape index (κ3) is 1.43. The number of fused-ring (bicyclic) bond motifs is 2. The minimum Gasteiger partial charge on any atom is -0.294 e. The lowest BCUT2D eigenvalue weighted by molar-refractivity contribution is 0.0994. The van der Waals surface area contributed by atoms with E-state index in [2.05, 4.69) is 11.1 Å². The second-order valence-electron chi connectivity index (χ2n) is 3.99. The average Bonchev–Trinajstić information content (AvgIpc) is 2.52. The third-order valence-electron chi connectivity index (χ3n) is 2.88.